The summed E-state index contributed by atoms with van der Waals surface area (Å²) in [5.41, 5.74) is 0.135. The summed E-state index contributed by atoms with van der Waals surface area (Å²) in [6.45, 7) is 0.911. The lowest BCUT2D eigenvalue weighted by Crippen LogP contribution is -2.39. The predicted octanol–water partition coefficient (Wildman–Crippen LogP) is 2.51. The largest absolute Gasteiger partial charge is 0.324 e. The maximum absolute atomic E-state index is 13.4. The topological polar surface area (TPSA) is 41.1 Å². The summed E-state index contributed by atoms with van der Waals surface area (Å²) >= 11 is 7.58. The maximum atomic E-state index is 13.4. The Balaban J connectivity index is 1.92. The molecule has 1 aromatic carbocycles. The lowest BCUT2D eigenvalue weighted by Gasteiger charge is -2.22. The number of amides is 1. The maximum Gasteiger partial charge on any atom is 0.226 e. The Bertz CT molecular complexity index is 438. The lowest BCUT2D eigenvalue weighted by atomic mass is 10.2. The molecule has 0 aliphatic carbocycles. The first-order chi connectivity index (χ1) is 8.65. The van der Waals surface area contributed by atoms with Crippen LogP contribution < -0.4 is 10.6 Å². The number of nitrogens with one attached hydrogen (secondary N) is 2. The fourth-order valence-corrected chi connectivity index (χ4v) is 2.89. The van der Waals surface area contributed by atoms with Crippen LogP contribution in [-0.4, -0.2) is 30.0 Å². The van der Waals surface area contributed by atoms with Gasteiger partial charge in [-0.3, -0.25) is 4.79 Å². The van der Waals surface area contributed by atoms with Gasteiger partial charge >= 0.3 is 0 Å². The molecule has 0 spiro atoms. The van der Waals surface area contributed by atoms with Crippen LogP contribution in [0.2, 0.25) is 5.02 Å². The second kappa shape index (κ2) is 6.41. The molecule has 2 rings (SSSR count). The van der Waals surface area contributed by atoms with Crippen LogP contribution >= 0.6 is 23.4 Å². The third-order valence-corrected chi connectivity index (χ3v) is 4.00. The second-order valence-electron chi connectivity index (χ2n) is 4.10. The average Bonchev–Trinajstić information content (AvgIpc) is 2.35. The SMILES string of the molecule is O=C(CC1CSCCN1)Nc1cc(Cl)ccc1F. The van der Waals surface area contributed by atoms with Gasteiger partial charge in [0.15, 0.2) is 0 Å². The molecule has 1 aliphatic heterocycles. The summed E-state index contributed by atoms with van der Waals surface area (Å²) < 4.78 is 13.4. The van der Waals surface area contributed by atoms with Crippen molar-refractivity contribution >= 4 is 35.0 Å². The monoisotopic (exact) mass is 288 g/mol. The number of thioether (sulfide) groups is 1. The van der Waals surface area contributed by atoms with Gasteiger partial charge in [-0.25, -0.2) is 4.39 Å². The number of halogens is 2. The van der Waals surface area contributed by atoms with Crippen LogP contribution in [0, 0.1) is 5.82 Å². The summed E-state index contributed by atoms with van der Waals surface area (Å²) in [5.74, 6) is 1.31. The third-order valence-electron chi connectivity index (χ3n) is 2.63. The summed E-state index contributed by atoms with van der Waals surface area (Å²) in [5, 5.41) is 6.21. The van der Waals surface area contributed by atoms with Gasteiger partial charge in [0, 0.05) is 35.5 Å². The molecule has 0 saturated carbocycles. The fraction of sp³-hybridized carbons (Fsp3) is 0.417. The molecular formula is C12H14ClFN2OS. The highest BCUT2D eigenvalue weighted by Crippen LogP contribution is 2.20. The van der Waals surface area contributed by atoms with E-state index in [4.69, 9.17) is 11.6 Å². The standard InChI is InChI=1S/C12H14ClFN2OS/c13-8-1-2-10(14)11(5-8)16-12(17)6-9-7-18-4-3-15-9/h1-2,5,9,15H,3-4,6-7H2,(H,16,17). The Labute approximate surface area is 114 Å². The molecule has 1 aromatic rings. The van der Waals surface area contributed by atoms with Crippen molar-refractivity contribution in [1.29, 1.82) is 0 Å². The molecule has 1 unspecified atom stereocenters. The van der Waals surface area contributed by atoms with E-state index < -0.39 is 5.82 Å². The minimum absolute atomic E-state index is 0.135. The minimum Gasteiger partial charge on any atom is -0.324 e. The number of hydrogen-bond donors (Lipinski definition) is 2. The van der Waals surface area contributed by atoms with Crippen molar-refractivity contribution in [2.24, 2.45) is 0 Å². The molecule has 1 heterocycles. The van der Waals surface area contributed by atoms with Crippen molar-refractivity contribution in [3.8, 4) is 0 Å². The normalized spacial score (nSPS) is 19.6. The first-order valence-electron chi connectivity index (χ1n) is 5.71. The van der Waals surface area contributed by atoms with Crippen molar-refractivity contribution in [3.63, 3.8) is 0 Å². The lowest BCUT2D eigenvalue weighted by molar-refractivity contribution is -0.116. The van der Waals surface area contributed by atoms with Crippen LogP contribution in [0.15, 0.2) is 18.2 Å². The van der Waals surface area contributed by atoms with Gasteiger partial charge in [0.2, 0.25) is 5.91 Å². The van der Waals surface area contributed by atoms with E-state index in [1.807, 2.05) is 11.8 Å². The molecule has 98 valence electrons. The van der Waals surface area contributed by atoms with Crippen molar-refractivity contribution in [2.45, 2.75) is 12.5 Å². The number of carbonyl (C=O) groups excluding carboxylic acids is 1. The van der Waals surface area contributed by atoms with Crippen LogP contribution in [-0.2, 0) is 4.79 Å². The van der Waals surface area contributed by atoms with Crippen LogP contribution in [0.25, 0.3) is 0 Å². The van der Waals surface area contributed by atoms with Gasteiger partial charge in [0.1, 0.15) is 5.82 Å². The smallest absolute Gasteiger partial charge is 0.226 e. The van der Waals surface area contributed by atoms with Gasteiger partial charge in [-0.1, -0.05) is 11.6 Å². The summed E-state index contributed by atoms with van der Waals surface area (Å²) in [6.07, 6.45) is 0.346. The quantitative estimate of drug-likeness (QED) is 0.898. The fourth-order valence-electron chi connectivity index (χ4n) is 1.77. The van der Waals surface area contributed by atoms with Crippen LogP contribution in [0.3, 0.4) is 0 Å². The Morgan fingerprint density at radius 3 is 3.17 bits per heavy atom. The molecule has 0 aromatic heterocycles. The Hall–Kier alpha value is -0.780. The molecule has 6 heteroatoms. The van der Waals surface area contributed by atoms with Crippen molar-refractivity contribution in [2.75, 3.05) is 23.4 Å². The molecule has 1 saturated heterocycles. The van der Waals surface area contributed by atoms with E-state index in [1.54, 1.807) is 0 Å². The Morgan fingerprint density at radius 1 is 1.61 bits per heavy atom. The third kappa shape index (κ3) is 3.86. The first-order valence-corrected chi connectivity index (χ1v) is 7.24. The van der Waals surface area contributed by atoms with E-state index in [-0.39, 0.29) is 17.6 Å². The molecule has 1 fully saturated rings. The van der Waals surface area contributed by atoms with E-state index in [2.05, 4.69) is 10.6 Å². The van der Waals surface area contributed by atoms with Gasteiger partial charge in [-0.15, -0.1) is 0 Å². The summed E-state index contributed by atoms with van der Waals surface area (Å²) in [7, 11) is 0. The highest BCUT2D eigenvalue weighted by Gasteiger charge is 2.17. The minimum atomic E-state index is -0.473. The molecule has 0 bridgehead atoms. The van der Waals surface area contributed by atoms with E-state index in [9.17, 15) is 9.18 Å². The van der Waals surface area contributed by atoms with E-state index in [1.165, 1.54) is 18.2 Å². The second-order valence-corrected chi connectivity index (χ2v) is 5.69. The zero-order valence-electron chi connectivity index (χ0n) is 9.71. The molecule has 3 nitrogen and oxygen atoms in total. The Morgan fingerprint density at radius 2 is 2.44 bits per heavy atom. The predicted molar refractivity (Wildman–Crippen MR) is 73.8 cm³/mol. The number of hydrogen-bond acceptors (Lipinski definition) is 3. The van der Waals surface area contributed by atoms with Crippen LogP contribution in [0.4, 0.5) is 10.1 Å². The van der Waals surface area contributed by atoms with Gasteiger partial charge in [-0.05, 0) is 18.2 Å². The summed E-state index contributed by atoms with van der Waals surface area (Å²) in [4.78, 5) is 11.8. The van der Waals surface area contributed by atoms with Crippen molar-refractivity contribution in [1.82, 2.24) is 5.32 Å². The Kier molecular flexibility index (Phi) is 4.86. The van der Waals surface area contributed by atoms with Gasteiger partial charge in [0.05, 0.1) is 5.69 Å². The van der Waals surface area contributed by atoms with Crippen molar-refractivity contribution < 1.29 is 9.18 Å². The number of rotatable bonds is 3. The number of carbonyl (C=O) groups is 1. The van der Waals surface area contributed by atoms with E-state index in [0.717, 1.165) is 18.1 Å². The van der Waals surface area contributed by atoms with Gasteiger partial charge in [0.25, 0.3) is 0 Å². The van der Waals surface area contributed by atoms with Crippen LogP contribution in [0.1, 0.15) is 6.42 Å². The molecule has 1 amide bonds. The zero-order valence-corrected chi connectivity index (χ0v) is 11.3. The molecule has 0 radical (unpaired) electrons. The molecular weight excluding hydrogens is 275 g/mol. The highest BCUT2D eigenvalue weighted by molar-refractivity contribution is 7.99. The zero-order chi connectivity index (χ0) is 13.0. The van der Waals surface area contributed by atoms with Gasteiger partial charge in [-0.2, -0.15) is 11.8 Å². The van der Waals surface area contributed by atoms with E-state index >= 15 is 0 Å². The van der Waals surface area contributed by atoms with Crippen LogP contribution in [0.5, 0.6) is 0 Å². The molecule has 1 aliphatic rings. The van der Waals surface area contributed by atoms with Crippen molar-refractivity contribution in [3.05, 3.63) is 29.0 Å². The highest BCUT2D eigenvalue weighted by atomic mass is 35.5. The number of benzene rings is 1. The van der Waals surface area contributed by atoms with E-state index in [0.29, 0.717) is 11.4 Å². The molecule has 18 heavy (non-hydrogen) atoms. The number of anilines is 1. The average molecular weight is 289 g/mol. The first kappa shape index (κ1) is 13.6. The van der Waals surface area contributed by atoms with Gasteiger partial charge < -0.3 is 10.6 Å². The molecule has 1 atom stereocenters. The molecule has 2 N–H and O–H groups in total. The summed E-state index contributed by atoms with van der Waals surface area (Å²) in [6, 6.07) is 4.27.